The monoisotopic (exact) mass is 682 g/mol. The molecule has 4 nitrogen and oxygen atoms in total. The Bertz CT molecular complexity index is 858. The Morgan fingerprint density at radius 2 is 1.14 bits per heavy atom. The van der Waals surface area contributed by atoms with Crippen molar-refractivity contribution < 1.29 is 45.7 Å². The summed E-state index contributed by atoms with van der Waals surface area (Å²) in [4.78, 5) is 0. The van der Waals surface area contributed by atoms with Gasteiger partial charge in [0, 0.05) is 8.95 Å². The molecule has 1 N–H and O–H groups in total. The van der Waals surface area contributed by atoms with E-state index in [0.29, 0.717) is 13.4 Å². The zero-order valence-electron chi connectivity index (χ0n) is 13.8. The predicted octanol–water partition coefficient (Wildman–Crippen LogP) is 7.93. The summed E-state index contributed by atoms with van der Waals surface area (Å²) < 4.78 is 85.0. The quantitative estimate of drug-likeness (QED) is 0.334. The molecule has 0 amide bonds. The van der Waals surface area contributed by atoms with Crippen molar-refractivity contribution in [2.45, 2.75) is 12.7 Å². The molecule has 0 aromatic heterocycles. The van der Waals surface area contributed by atoms with E-state index in [1.54, 1.807) is 6.07 Å². The van der Waals surface area contributed by atoms with E-state index in [0.717, 1.165) is 6.07 Å². The summed E-state index contributed by atoms with van der Waals surface area (Å²) in [6.07, 6.45) is -9.56. The third kappa shape index (κ3) is 9.22. The van der Waals surface area contributed by atoms with Crippen molar-refractivity contribution in [3.63, 3.8) is 0 Å². The maximum absolute atomic E-state index is 12.0. The minimum atomic E-state index is -4.82. The van der Waals surface area contributed by atoms with E-state index < -0.39 is 30.0 Å². The first kappa shape index (κ1) is 26.2. The number of ether oxygens (including phenoxy) is 3. The van der Waals surface area contributed by atoms with Crippen LogP contribution in [0.2, 0.25) is 0 Å². The van der Waals surface area contributed by atoms with E-state index >= 15 is 0 Å². The predicted molar refractivity (Wildman–Crippen MR) is 105 cm³/mol. The van der Waals surface area contributed by atoms with Crippen LogP contribution in [0.4, 0.5) is 26.3 Å². The van der Waals surface area contributed by atoms with Crippen molar-refractivity contribution in [2.75, 3.05) is 7.11 Å². The molecule has 2 aromatic rings. The lowest BCUT2D eigenvalue weighted by molar-refractivity contribution is -0.276. The molecular weight excluding hydrogens is 678 g/mol. The average Bonchev–Trinajstić information content (AvgIpc) is 2.49. The van der Waals surface area contributed by atoms with E-state index in [9.17, 15) is 31.4 Å². The van der Waals surface area contributed by atoms with Crippen molar-refractivity contribution in [1.82, 2.24) is 0 Å². The number of alkyl halides is 6. The molecule has 0 radical (unpaired) electrons. The Morgan fingerprint density at radius 3 is 1.59 bits per heavy atom. The number of methoxy groups -OCH3 is 1. The zero-order chi connectivity index (χ0) is 22.6. The van der Waals surface area contributed by atoms with Crippen LogP contribution in [0.1, 0.15) is 0 Å². The van der Waals surface area contributed by atoms with Crippen molar-refractivity contribution >= 4 is 63.7 Å². The van der Waals surface area contributed by atoms with E-state index in [2.05, 4.69) is 73.2 Å². The first-order valence-corrected chi connectivity index (χ1v) is 10.0. The Labute approximate surface area is 193 Å². The van der Waals surface area contributed by atoms with Gasteiger partial charge in [-0.3, -0.25) is 0 Å². The van der Waals surface area contributed by atoms with Crippen LogP contribution in [0.3, 0.4) is 0 Å². The Hall–Kier alpha value is -0.860. The number of rotatable bonds is 3. The van der Waals surface area contributed by atoms with Crippen molar-refractivity contribution in [3.05, 3.63) is 42.2 Å². The zero-order valence-corrected chi connectivity index (χ0v) is 20.1. The Morgan fingerprint density at radius 1 is 0.724 bits per heavy atom. The van der Waals surface area contributed by atoms with Crippen molar-refractivity contribution in [2.24, 2.45) is 0 Å². The molecule has 0 unspecified atom stereocenters. The van der Waals surface area contributed by atoms with Crippen LogP contribution in [0, 0.1) is 0 Å². The van der Waals surface area contributed by atoms with Gasteiger partial charge in [-0.05, 0) is 56.1 Å². The summed E-state index contributed by atoms with van der Waals surface area (Å²) in [5, 5.41) is 9.19. The molecule has 162 valence electrons. The molecule has 0 bridgehead atoms. The SMILES string of the molecule is COc1c(Br)cc(Br)cc1OC(F)(F)F.Oc1c(Br)cc(Br)cc1OC(F)(F)F. The van der Waals surface area contributed by atoms with Crippen LogP contribution in [0.25, 0.3) is 0 Å². The molecule has 2 rings (SSSR count). The topological polar surface area (TPSA) is 47.9 Å². The lowest BCUT2D eigenvalue weighted by Gasteiger charge is -2.13. The fourth-order valence-electron chi connectivity index (χ4n) is 1.68. The van der Waals surface area contributed by atoms with Gasteiger partial charge >= 0.3 is 12.7 Å². The lowest BCUT2D eigenvalue weighted by Crippen LogP contribution is -2.17. The van der Waals surface area contributed by atoms with Crippen molar-refractivity contribution in [3.8, 4) is 23.0 Å². The van der Waals surface area contributed by atoms with Crippen LogP contribution < -0.4 is 14.2 Å². The van der Waals surface area contributed by atoms with Gasteiger partial charge in [0.1, 0.15) is 0 Å². The van der Waals surface area contributed by atoms with Crippen LogP contribution >= 0.6 is 63.7 Å². The number of phenols is 1. The van der Waals surface area contributed by atoms with Crippen LogP contribution in [-0.2, 0) is 0 Å². The fourth-order valence-corrected chi connectivity index (χ4v) is 4.21. The second-order valence-electron chi connectivity index (χ2n) is 4.75. The van der Waals surface area contributed by atoms with Gasteiger partial charge in [-0.25, -0.2) is 0 Å². The van der Waals surface area contributed by atoms with Crippen LogP contribution in [-0.4, -0.2) is 24.9 Å². The van der Waals surface area contributed by atoms with Gasteiger partial charge < -0.3 is 19.3 Å². The molecular formula is C15H8Br4F6O4. The highest BCUT2D eigenvalue weighted by Crippen LogP contribution is 2.41. The summed E-state index contributed by atoms with van der Waals surface area (Å²) in [6, 6.07) is 5.16. The first-order valence-electron chi connectivity index (χ1n) is 6.85. The molecule has 0 atom stereocenters. The van der Waals surface area contributed by atoms with Crippen LogP contribution in [0.5, 0.6) is 23.0 Å². The summed E-state index contributed by atoms with van der Waals surface area (Å²) in [6.45, 7) is 0. The van der Waals surface area contributed by atoms with Gasteiger partial charge in [-0.1, -0.05) is 31.9 Å². The molecule has 2 aromatic carbocycles. The number of hydrogen-bond donors (Lipinski definition) is 1. The highest BCUT2D eigenvalue weighted by atomic mass is 79.9. The maximum Gasteiger partial charge on any atom is 0.573 e. The molecule has 0 aliphatic carbocycles. The standard InChI is InChI=1S/C8H5Br2F3O2.C7H3Br2F3O2/c1-14-7-5(10)2-4(9)3-6(7)15-8(11,12)13;8-3-1-4(9)6(13)5(2-3)14-7(10,11)12/h2-3H,1H3;1-2,13H. The van der Waals surface area contributed by atoms with E-state index in [1.807, 2.05) is 0 Å². The number of hydrogen-bond acceptors (Lipinski definition) is 4. The molecule has 0 fully saturated rings. The number of aromatic hydroxyl groups is 1. The summed E-state index contributed by atoms with van der Waals surface area (Å²) >= 11 is 12.0. The molecule has 0 spiro atoms. The second-order valence-corrected chi connectivity index (χ2v) is 8.29. The van der Waals surface area contributed by atoms with E-state index in [1.165, 1.54) is 19.2 Å². The molecule has 0 saturated carbocycles. The van der Waals surface area contributed by atoms with E-state index in [-0.39, 0.29) is 10.2 Å². The summed E-state index contributed by atoms with van der Waals surface area (Å²) in [5.41, 5.74) is 0. The maximum atomic E-state index is 12.0. The largest absolute Gasteiger partial charge is 0.573 e. The molecule has 14 heteroatoms. The van der Waals surface area contributed by atoms with Crippen LogP contribution in [0.15, 0.2) is 42.2 Å². The van der Waals surface area contributed by atoms with E-state index in [4.69, 9.17) is 4.74 Å². The smallest absolute Gasteiger partial charge is 0.503 e. The normalized spacial score (nSPS) is 11.4. The third-order valence-electron chi connectivity index (χ3n) is 2.62. The van der Waals surface area contributed by atoms with Gasteiger partial charge in [-0.2, -0.15) is 0 Å². The number of phenolic OH excluding ortho intramolecular Hbond substituents is 1. The Balaban J connectivity index is 0.000000291. The minimum absolute atomic E-state index is 0.00414. The van der Waals surface area contributed by atoms with Gasteiger partial charge in [0.05, 0.1) is 16.1 Å². The molecule has 0 aliphatic rings. The highest BCUT2D eigenvalue weighted by Gasteiger charge is 2.33. The average molecular weight is 686 g/mol. The van der Waals surface area contributed by atoms with Gasteiger partial charge in [0.15, 0.2) is 23.0 Å². The molecule has 0 heterocycles. The van der Waals surface area contributed by atoms with Crippen molar-refractivity contribution in [1.29, 1.82) is 0 Å². The highest BCUT2D eigenvalue weighted by molar-refractivity contribution is 9.11. The third-order valence-corrected chi connectivity index (χ3v) is 4.73. The second kappa shape index (κ2) is 10.4. The Kier molecular flexibility index (Phi) is 9.43. The molecule has 0 aliphatic heterocycles. The first-order chi connectivity index (χ1) is 13.1. The molecule has 29 heavy (non-hydrogen) atoms. The van der Waals surface area contributed by atoms with Gasteiger partial charge in [0.25, 0.3) is 0 Å². The summed E-state index contributed by atoms with van der Waals surface area (Å²) in [5.74, 6) is -1.65. The molecule has 0 saturated heterocycles. The fraction of sp³-hybridized carbons (Fsp3) is 0.200. The number of halogens is 10. The minimum Gasteiger partial charge on any atom is -0.503 e. The lowest BCUT2D eigenvalue weighted by atomic mass is 10.3. The van der Waals surface area contributed by atoms with Gasteiger partial charge in [-0.15, -0.1) is 26.3 Å². The van der Waals surface area contributed by atoms with Gasteiger partial charge in [0.2, 0.25) is 0 Å². The number of benzene rings is 2. The summed E-state index contributed by atoms with van der Waals surface area (Å²) in [7, 11) is 1.26.